The molecule has 1 unspecified atom stereocenters. The summed E-state index contributed by atoms with van der Waals surface area (Å²) in [7, 11) is 0. The molecule has 1 aliphatic carbocycles. The molecule has 0 radical (unpaired) electrons. The van der Waals surface area contributed by atoms with Crippen LogP contribution in [0.3, 0.4) is 0 Å². The summed E-state index contributed by atoms with van der Waals surface area (Å²) in [5.74, 6) is 0.529. The van der Waals surface area contributed by atoms with Crippen LogP contribution in [0.4, 0.5) is 0 Å². The Morgan fingerprint density at radius 3 is 3.11 bits per heavy atom. The van der Waals surface area contributed by atoms with E-state index in [9.17, 15) is 4.79 Å². The molecule has 102 valence electrons. The third kappa shape index (κ3) is 4.09. The smallest absolute Gasteiger partial charge is 0.247 e. The van der Waals surface area contributed by atoms with Crippen LogP contribution in [0, 0.1) is 5.92 Å². The van der Waals surface area contributed by atoms with Crippen LogP contribution in [-0.4, -0.2) is 22.0 Å². The van der Waals surface area contributed by atoms with Gasteiger partial charge in [-0.25, -0.2) is 4.98 Å². The Labute approximate surface area is 114 Å². The number of aromatic nitrogens is 2. The molecule has 0 aliphatic heterocycles. The molecule has 0 aromatic carbocycles. The number of carbonyl (C=O) groups excluding carboxylic acids is 1. The van der Waals surface area contributed by atoms with Gasteiger partial charge in [-0.05, 0) is 25.7 Å². The Bertz CT molecular complexity index is 485. The highest BCUT2D eigenvalue weighted by Gasteiger charge is 2.15. The van der Waals surface area contributed by atoms with Crippen molar-refractivity contribution < 1.29 is 4.79 Å². The predicted molar refractivity (Wildman–Crippen MR) is 75.5 cm³/mol. The van der Waals surface area contributed by atoms with E-state index in [1.807, 2.05) is 23.8 Å². The fraction of sp³-hybridized carbons (Fsp3) is 0.467. The molecule has 1 aromatic rings. The van der Waals surface area contributed by atoms with Crippen molar-refractivity contribution in [2.24, 2.45) is 5.92 Å². The third-order valence-electron chi connectivity index (χ3n) is 3.22. The number of nitrogens with zero attached hydrogens (tertiary/aromatic N) is 2. The van der Waals surface area contributed by atoms with Crippen LogP contribution in [0.15, 0.2) is 42.0 Å². The lowest BCUT2D eigenvalue weighted by molar-refractivity contribution is -0.117. The summed E-state index contributed by atoms with van der Waals surface area (Å²) in [4.78, 5) is 16.0. The fourth-order valence-electron chi connectivity index (χ4n) is 2.39. The van der Waals surface area contributed by atoms with Gasteiger partial charge in [0.25, 0.3) is 0 Å². The summed E-state index contributed by atoms with van der Waals surface area (Å²) < 4.78 is 2.01. The number of rotatable bonds is 5. The topological polar surface area (TPSA) is 46.9 Å². The molecular weight excluding hydrogens is 238 g/mol. The van der Waals surface area contributed by atoms with Crippen LogP contribution in [-0.2, 0) is 11.3 Å². The fourth-order valence-corrected chi connectivity index (χ4v) is 2.39. The maximum Gasteiger partial charge on any atom is 0.247 e. The summed E-state index contributed by atoms with van der Waals surface area (Å²) >= 11 is 0. The number of amides is 1. The SMILES string of the molecule is CC1=CC(C)CC(C(=O)NCCCn2ccnc2)=C1. The number of aryl methyl sites for hydroxylation is 1. The maximum atomic E-state index is 12.0. The summed E-state index contributed by atoms with van der Waals surface area (Å²) in [5.41, 5.74) is 2.08. The van der Waals surface area contributed by atoms with E-state index in [0.717, 1.165) is 25.0 Å². The van der Waals surface area contributed by atoms with Gasteiger partial charge in [0, 0.05) is 31.1 Å². The van der Waals surface area contributed by atoms with Gasteiger partial charge in [-0.1, -0.05) is 24.6 Å². The van der Waals surface area contributed by atoms with E-state index in [0.29, 0.717) is 12.5 Å². The molecule has 1 N–H and O–H groups in total. The zero-order chi connectivity index (χ0) is 13.7. The van der Waals surface area contributed by atoms with Crippen molar-refractivity contribution in [1.29, 1.82) is 0 Å². The molecule has 1 amide bonds. The minimum absolute atomic E-state index is 0.0740. The first-order valence-electron chi connectivity index (χ1n) is 6.78. The first kappa shape index (κ1) is 13.6. The largest absolute Gasteiger partial charge is 0.352 e. The highest BCUT2D eigenvalue weighted by atomic mass is 16.1. The van der Waals surface area contributed by atoms with Crippen LogP contribution in [0.5, 0.6) is 0 Å². The lowest BCUT2D eigenvalue weighted by Crippen LogP contribution is -2.28. The number of hydrogen-bond donors (Lipinski definition) is 1. The number of carbonyl (C=O) groups is 1. The molecule has 1 heterocycles. The van der Waals surface area contributed by atoms with E-state index in [1.54, 1.807) is 12.5 Å². The molecule has 1 aliphatic rings. The van der Waals surface area contributed by atoms with Crippen molar-refractivity contribution in [3.8, 4) is 0 Å². The van der Waals surface area contributed by atoms with Gasteiger partial charge >= 0.3 is 0 Å². The van der Waals surface area contributed by atoms with Crippen LogP contribution in [0.2, 0.25) is 0 Å². The third-order valence-corrected chi connectivity index (χ3v) is 3.22. The molecule has 1 aromatic heterocycles. The molecule has 0 spiro atoms. The Hall–Kier alpha value is -1.84. The number of hydrogen-bond acceptors (Lipinski definition) is 2. The van der Waals surface area contributed by atoms with E-state index in [2.05, 4.69) is 23.3 Å². The normalized spacial score (nSPS) is 18.7. The van der Waals surface area contributed by atoms with Gasteiger partial charge in [-0.15, -0.1) is 0 Å². The van der Waals surface area contributed by atoms with Gasteiger partial charge < -0.3 is 9.88 Å². The lowest BCUT2D eigenvalue weighted by atomic mass is 9.92. The molecule has 0 bridgehead atoms. The van der Waals surface area contributed by atoms with E-state index < -0.39 is 0 Å². The molecule has 0 saturated carbocycles. The summed E-state index contributed by atoms with van der Waals surface area (Å²) in [6, 6.07) is 0. The maximum absolute atomic E-state index is 12.0. The predicted octanol–water partition coefficient (Wildman–Crippen LogP) is 2.30. The first-order valence-corrected chi connectivity index (χ1v) is 6.78. The van der Waals surface area contributed by atoms with Crippen molar-refractivity contribution in [2.75, 3.05) is 6.54 Å². The molecule has 4 nitrogen and oxygen atoms in total. The number of allylic oxidation sites excluding steroid dienone is 3. The van der Waals surface area contributed by atoms with Gasteiger partial charge in [-0.2, -0.15) is 0 Å². The van der Waals surface area contributed by atoms with E-state index in [4.69, 9.17) is 0 Å². The quantitative estimate of drug-likeness (QED) is 0.825. The van der Waals surface area contributed by atoms with Gasteiger partial charge in [0.05, 0.1) is 6.33 Å². The highest BCUT2D eigenvalue weighted by Crippen LogP contribution is 2.22. The zero-order valence-corrected chi connectivity index (χ0v) is 11.6. The lowest BCUT2D eigenvalue weighted by Gasteiger charge is -2.16. The van der Waals surface area contributed by atoms with E-state index in [-0.39, 0.29) is 5.91 Å². The Kier molecular flexibility index (Phi) is 4.55. The zero-order valence-electron chi connectivity index (χ0n) is 11.6. The van der Waals surface area contributed by atoms with Crippen LogP contribution in [0.25, 0.3) is 0 Å². The van der Waals surface area contributed by atoms with E-state index in [1.165, 1.54) is 5.57 Å². The molecule has 2 rings (SSSR count). The van der Waals surface area contributed by atoms with Crippen molar-refractivity contribution >= 4 is 5.91 Å². The molecule has 0 saturated heterocycles. The van der Waals surface area contributed by atoms with Gasteiger partial charge in [-0.3, -0.25) is 4.79 Å². The van der Waals surface area contributed by atoms with Crippen molar-refractivity contribution in [3.63, 3.8) is 0 Å². The molecule has 19 heavy (non-hydrogen) atoms. The van der Waals surface area contributed by atoms with Crippen LogP contribution in [0.1, 0.15) is 26.7 Å². The number of imidazole rings is 1. The van der Waals surface area contributed by atoms with Gasteiger partial charge in [0.2, 0.25) is 5.91 Å². The highest BCUT2D eigenvalue weighted by molar-refractivity contribution is 5.94. The molecule has 0 fully saturated rings. The van der Waals surface area contributed by atoms with Crippen molar-refractivity contribution in [1.82, 2.24) is 14.9 Å². The van der Waals surface area contributed by atoms with E-state index >= 15 is 0 Å². The average molecular weight is 259 g/mol. The summed E-state index contributed by atoms with van der Waals surface area (Å²) in [5, 5.41) is 2.99. The molecule has 1 atom stereocenters. The van der Waals surface area contributed by atoms with Crippen molar-refractivity contribution in [3.05, 3.63) is 42.0 Å². The molecular formula is C15H21N3O. The van der Waals surface area contributed by atoms with Crippen LogP contribution >= 0.6 is 0 Å². The van der Waals surface area contributed by atoms with Gasteiger partial charge in [0.15, 0.2) is 0 Å². The monoisotopic (exact) mass is 259 g/mol. The second kappa shape index (κ2) is 6.36. The second-order valence-corrected chi connectivity index (χ2v) is 5.17. The number of nitrogens with one attached hydrogen (secondary N) is 1. The standard InChI is InChI=1S/C15H21N3O/c1-12-8-13(2)10-14(9-12)15(19)17-4-3-6-18-7-5-16-11-18/h5,7-9,11,13H,3-4,6,10H2,1-2H3,(H,17,19). The Morgan fingerprint density at radius 2 is 2.42 bits per heavy atom. The average Bonchev–Trinajstić information content (AvgIpc) is 2.86. The Balaban J connectivity index is 1.74. The Morgan fingerprint density at radius 1 is 1.58 bits per heavy atom. The first-order chi connectivity index (χ1) is 9.15. The molecule has 4 heteroatoms. The second-order valence-electron chi connectivity index (χ2n) is 5.17. The van der Waals surface area contributed by atoms with Crippen LogP contribution < -0.4 is 5.32 Å². The minimum atomic E-state index is 0.0740. The minimum Gasteiger partial charge on any atom is -0.352 e. The van der Waals surface area contributed by atoms with Crippen molar-refractivity contribution in [2.45, 2.75) is 33.2 Å². The summed E-state index contributed by atoms with van der Waals surface area (Å²) in [6.07, 6.45) is 11.4. The van der Waals surface area contributed by atoms with Gasteiger partial charge in [0.1, 0.15) is 0 Å². The summed E-state index contributed by atoms with van der Waals surface area (Å²) in [6.45, 7) is 5.77.